The van der Waals surface area contributed by atoms with E-state index in [-0.39, 0.29) is 16.8 Å². The summed E-state index contributed by atoms with van der Waals surface area (Å²) in [6.07, 6.45) is 0.615. The lowest BCUT2D eigenvalue weighted by Gasteiger charge is -2.70. The number of amides is 1. The van der Waals surface area contributed by atoms with Crippen LogP contribution < -0.4 is 20.1 Å². The van der Waals surface area contributed by atoms with Gasteiger partial charge in [0.2, 0.25) is 0 Å². The minimum absolute atomic E-state index is 0.0804. The van der Waals surface area contributed by atoms with Gasteiger partial charge in [-0.25, -0.2) is 13.9 Å². The van der Waals surface area contributed by atoms with Crippen LogP contribution in [0.3, 0.4) is 0 Å². The minimum Gasteiger partial charge on any atom is -0.484 e. The van der Waals surface area contributed by atoms with E-state index in [1.54, 1.807) is 16.9 Å². The van der Waals surface area contributed by atoms with E-state index in [1.807, 2.05) is 13.0 Å². The van der Waals surface area contributed by atoms with Gasteiger partial charge < -0.3 is 20.1 Å². The van der Waals surface area contributed by atoms with Crippen LogP contribution in [0.5, 0.6) is 11.5 Å². The summed E-state index contributed by atoms with van der Waals surface area (Å²) in [5.41, 5.74) is 1.29. The summed E-state index contributed by atoms with van der Waals surface area (Å²) < 4.78 is 60.9. The normalized spacial score (nSPS) is 23.4. The first-order valence-corrected chi connectivity index (χ1v) is 10.1. The Morgan fingerprint density at radius 2 is 1.97 bits per heavy atom. The van der Waals surface area contributed by atoms with Crippen LogP contribution in [0.1, 0.15) is 25.0 Å². The van der Waals surface area contributed by atoms with Gasteiger partial charge in [0.05, 0.1) is 5.69 Å². The van der Waals surface area contributed by atoms with E-state index in [4.69, 9.17) is 4.74 Å². The van der Waals surface area contributed by atoms with E-state index >= 15 is 0 Å². The molecule has 3 aliphatic rings. The fourth-order valence-corrected chi connectivity index (χ4v) is 4.70. The number of nitrogens with one attached hydrogen (secondary N) is 2. The zero-order chi connectivity index (χ0) is 23.4. The maximum atomic E-state index is 13.7. The molecule has 0 atom stereocenters. The van der Waals surface area contributed by atoms with Gasteiger partial charge in [-0.15, -0.1) is 13.2 Å². The number of fused-ring (bicyclic) bond motifs is 1. The number of halogens is 4. The molecular weight excluding hydrogens is 446 g/mol. The summed E-state index contributed by atoms with van der Waals surface area (Å²) in [6, 6.07) is 4.58. The second-order valence-electron chi connectivity index (χ2n) is 8.58. The molecule has 12 heteroatoms. The Morgan fingerprint density at radius 1 is 1.21 bits per heavy atom. The molecule has 1 amide bonds. The van der Waals surface area contributed by atoms with Crippen LogP contribution in [-0.4, -0.2) is 44.6 Å². The molecule has 3 aromatic rings. The van der Waals surface area contributed by atoms with Crippen LogP contribution in [0.2, 0.25) is 0 Å². The van der Waals surface area contributed by atoms with Crippen molar-refractivity contribution in [3.8, 4) is 11.5 Å². The van der Waals surface area contributed by atoms with Crippen molar-refractivity contribution in [1.82, 2.24) is 19.9 Å². The van der Waals surface area contributed by atoms with E-state index in [2.05, 4.69) is 25.5 Å². The van der Waals surface area contributed by atoms with Gasteiger partial charge in [-0.2, -0.15) is 5.10 Å². The first-order valence-electron chi connectivity index (χ1n) is 10.1. The predicted octanol–water partition coefficient (Wildman–Crippen LogP) is 3.36. The molecule has 3 aliphatic carbocycles. The van der Waals surface area contributed by atoms with Crippen LogP contribution >= 0.6 is 0 Å². The lowest BCUT2D eigenvalue weighted by Crippen LogP contribution is -2.81. The van der Waals surface area contributed by atoms with E-state index < -0.39 is 30.4 Å². The van der Waals surface area contributed by atoms with Crippen molar-refractivity contribution in [3.63, 3.8) is 0 Å². The van der Waals surface area contributed by atoms with Gasteiger partial charge >= 0.3 is 6.36 Å². The molecule has 0 radical (unpaired) electrons. The number of rotatable bonds is 7. The van der Waals surface area contributed by atoms with Gasteiger partial charge in [0.25, 0.3) is 5.91 Å². The number of carbonyl (C=O) groups excluding carboxylic acids is 1. The number of benzene rings is 1. The highest BCUT2D eigenvalue weighted by molar-refractivity contribution is 5.79. The summed E-state index contributed by atoms with van der Waals surface area (Å²) in [5, 5.41) is 10.8. The van der Waals surface area contributed by atoms with Gasteiger partial charge in [-0.3, -0.25) is 4.79 Å². The van der Waals surface area contributed by atoms with E-state index in [0.29, 0.717) is 0 Å². The number of carbonyl (C=O) groups is 1. The average Bonchev–Trinajstić information content (AvgIpc) is 3.06. The number of anilines is 1. The molecule has 8 nitrogen and oxygen atoms in total. The summed E-state index contributed by atoms with van der Waals surface area (Å²) in [7, 11) is 0. The van der Waals surface area contributed by atoms with Crippen molar-refractivity contribution in [2.24, 2.45) is 0 Å². The molecule has 0 unspecified atom stereocenters. The van der Waals surface area contributed by atoms with Crippen molar-refractivity contribution >= 4 is 17.2 Å². The van der Waals surface area contributed by atoms with Crippen molar-refractivity contribution in [2.45, 2.75) is 43.6 Å². The fraction of sp³-hybridized carbons (Fsp3) is 0.381. The monoisotopic (exact) mass is 465 g/mol. The predicted molar refractivity (Wildman–Crippen MR) is 107 cm³/mol. The fourth-order valence-electron chi connectivity index (χ4n) is 4.70. The zero-order valence-electron chi connectivity index (χ0n) is 17.4. The highest BCUT2D eigenvalue weighted by atomic mass is 19.4. The Labute approximate surface area is 184 Å². The minimum atomic E-state index is -5.00. The maximum absolute atomic E-state index is 13.7. The number of ether oxygens (including phenoxy) is 2. The second-order valence-corrected chi connectivity index (χ2v) is 8.58. The van der Waals surface area contributed by atoms with Crippen LogP contribution in [0.25, 0.3) is 5.52 Å². The summed E-state index contributed by atoms with van der Waals surface area (Å²) in [4.78, 5) is 16.7. The molecule has 2 heterocycles. The van der Waals surface area contributed by atoms with Gasteiger partial charge in [-0.1, -0.05) is 0 Å². The van der Waals surface area contributed by atoms with Crippen molar-refractivity contribution in [3.05, 3.63) is 48.2 Å². The Hall–Kier alpha value is -3.57. The topological polar surface area (TPSA) is 89.8 Å². The Balaban J connectivity index is 1.12. The summed E-state index contributed by atoms with van der Waals surface area (Å²) >= 11 is 0. The third-order valence-corrected chi connectivity index (χ3v) is 5.83. The van der Waals surface area contributed by atoms with Gasteiger partial charge in [0, 0.05) is 29.5 Å². The van der Waals surface area contributed by atoms with E-state index in [0.717, 1.165) is 54.5 Å². The molecule has 0 spiro atoms. The first-order chi connectivity index (χ1) is 15.5. The molecule has 2 aromatic heterocycles. The highest BCUT2D eigenvalue weighted by Gasteiger charge is 2.69. The molecule has 1 aromatic carbocycles. The number of hydrogen-bond acceptors (Lipinski definition) is 6. The third kappa shape index (κ3) is 4.12. The number of nitrogens with zero attached hydrogens (tertiary/aromatic N) is 3. The Morgan fingerprint density at radius 3 is 2.67 bits per heavy atom. The van der Waals surface area contributed by atoms with Gasteiger partial charge in [-0.05, 0) is 44.4 Å². The molecule has 33 heavy (non-hydrogen) atoms. The molecule has 3 saturated carbocycles. The quantitative estimate of drug-likeness (QED) is 0.521. The zero-order valence-corrected chi connectivity index (χ0v) is 17.4. The van der Waals surface area contributed by atoms with Crippen LogP contribution in [-0.2, 0) is 4.79 Å². The summed E-state index contributed by atoms with van der Waals surface area (Å²) in [5.74, 6) is -1.95. The standard InChI is InChI=1S/C21H19F4N5O3/c1-12-6-15-18(26-4-5-30(15)29-12)28-20-9-19(10-20,11-20)27-17(31)8-32-13-2-3-16(14(22)7-13)33-21(23,24)25/h2-7H,8-11H2,1H3,(H,26,28)(H,27,31). The lowest BCUT2D eigenvalue weighted by molar-refractivity contribution is -0.275. The van der Waals surface area contributed by atoms with Gasteiger partial charge in [0.1, 0.15) is 11.3 Å². The summed E-state index contributed by atoms with van der Waals surface area (Å²) in [6.45, 7) is 1.51. The van der Waals surface area contributed by atoms with E-state index in [1.165, 1.54) is 0 Å². The van der Waals surface area contributed by atoms with Gasteiger partial charge in [0.15, 0.2) is 24.0 Å². The van der Waals surface area contributed by atoms with Crippen LogP contribution in [0.4, 0.5) is 23.4 Å². The van der Waals surface area contributed by atoms with Crippen LogP contribution in [0.15, 0.2) is 36.7 Å². The lowest BCUT2D eigenvalue weighted by atomic mass is 9.44. The smallest absolute Gasteiger partial charge is 0.484 e. The van der Waals surface area contributed by atoms with Crippen molar-refractivity contribution in [1.29, 1.82) is 0 Å². The van der Waals surface area contributed by atoms with Crippen LogP contribution in [0, 0.1) is 12.7 Å². The molecule has 6 rings (SSSR count). The Bertz CT molecular complexity index is 1220. The molecule has 174 valence electrons. The molecule has 3 fully saturated rings. The molecular formula is C21H19F4N5O3. The van der Waals surface area contributed by atoms with E-state index in [9.17, 15) is 22.4 Å². The largest absolute Gasteiger partial charge is 0.573 e. The Kier molecular flexibility index (Phi) is 4.66. The van der Waals surface area contributed by atoms with Crippen molar-refractivity contribution < 1.29 is 31.8 Å². The molecule has 0 saturated heterocycles. The van der Waals surface area contributed by atoms with Crippen molar-refractivity contribution in [2.75, 3.05) is 11.9 Å². The second kappa shape index (κ2) is 7.22. The maximum Gasteiger partial charge on any atom is 0.573 e. The average molecular weight is 465 g/mol. The number of aromatic nitrogens is 3. The highest BCUT2D eigenvalue weighted by Crippen LogP contribution is 2.61. The number of alkyl halides is 3. The number of aryl methyl sites for hydroxylation is 1. The number of hydrogen-bond donors (Lipinski definition) is 2. The SMILES string of the molecule is Cc1cc2c(NC34CC(NC(=O)COc5ccc(OC(F)(F)F)c(F)c5)(C3)C4)nccn2n1. The third-order valence-electron chi connectivity index (χ3n) is 5.83. The molecule has 0 aliphatic heterocycles. The first kappa shape index (κ1) is 21.3. The molecule has 2 bridgehead atoms. The molecule has 2 N–H and O–H groups in total.